The molecule has 1 N–H and O–H groups in total. The minimum atomic E-state index is 0. The van der Waals surface area contributed by atoms with Gasteiger partial charge < -0.3 is 14.8 Å². The summed E-state index contributed by atoms with van der Waals surface area (Å²) in [4.78, 5) is 0. The zero-order chi connectivity index (χ0) is 10.8. The molecular weight excluding hydrogens is 238 g/mol. The van der Waals surface area contributed by atoms with E-state index in [1.54, 1.807) is 0 Å². The zero-order valence-corrected chi connectivity index (χ0v) is 10.6. The number of rotatable bonds is 1. The van der Waals surface area contributed by atoms with Crippen LogP contribution in [-0.4, -0.2) is 19.8 Å². The lowest BCUT2D eigenvalue weighted by molar-refractivity contribution is 0.171. The van der Waals surface area contributed by atoms with Gasteiger partial charge in [0.1, 0.15) is 13.2 Å². The van der Waals surface area contributed by atoms with E-state index in [4.69, 9.17) is 9.47 Å². The topological polar surface area (TPSA) is 30.5 Å². The molecule has 1 saturated heterocycles. The lowest BCUT2D eigenvalue weighted by atomic mass is 9.97. The van der Waals surface area contributed by atoms with E-state index in [0.29, 0.717) is 19.3 Å². The van der Waals surface area contributed by atoms with Crippen molar-refractivity contribution >= 4 is 12.4 Å². The maximum absolute atomic E-state index is 5.60. The monoisotopic (exact) mass is 255 g/mol. The number of hydrogen-bond donors (Lipinski definition) is 1. The van der Waals surface area contributed by atoms with Crippen molar-refractivity contribution in [1.82, 2.24) is 5.32 Å². The van der Waals surface area contributed by atoms with E-state index in [1.165, 1.54) is 24.8 Å². The lowest BCUT2D eigenvalue weighted by Crippen LogP contribution is -2.27. The van der Waals surface area contributed by atoms with Gasteiger partial charge in [-0.25, -0.2) is 0 Å². The van der Waals surface area contributed by atoms with Crippen LogP contribution in [0.25, 0.3) is 0 Å². The van der Waals surface area contributed by atoms with Crippen LogP contribution in [0.2, 0.25) is 0 Å². The summed E-state index contributed by atoms with van der Waals surface area (Å²) in [6.07, 6.45) is 3.83. The Hall–Kier alpha value is -0.930. The van der Waals surface area contributed by atoms with Gasteiger partial charge in [-0.2, -0.15) is 0 Å². The molecule has 2 aliphatic rings. The summed E-state index contributed by atoms with van der Waals surface area (Å²) in [5, 5.41) is 3.55. The molecule has 0 bridgehead atoms. The van der Waals surface area contributed by atoms with Crippen molar-refractivity contribution in [3.05, 3.63) is 23.8 Å². The highest BCUT2D eigenvalue weighted by molar-refractivity contribution is 5.85. The molecule has 3 rings (SSSR count). The number of ether oxygens (including phenoxy) is 2. The van der Waals surface area contributed by atoms with Crippen molar-refractivity contribution in [2.24, 2.45) is 0 Å². The fourth-order valence-electron chi connectivity index (χ4n) is 2.41. The Bertz CT molecular complexity index is 378. The van der Waals surface area contributed by atoms with Crippen molar-refractivity contribution in [3.63, 3.8) is 0 Å². The molecule has 1 atom stereocenters. The van der Waals surface area contributed by atoms with Crippen molar-refractivity contribution < 1.29 is 9.47 Å². The van der Waals surface area contributed by atoms with Gasteiger partial charge in [0.2, 0.25) is 0 Å². The number of fused-ring (bicyclic) bond motifs is 1. The standard InChI is InChI=1S/C13H17NO2.ClH/c1-2-6-14-11(3-1)10-4-5-12-13(9-10)16-8-7-15-12;/h4-5,9,11,14H,1-3,6-8H2;1H. The van der Waals surface area contributed by atoms with Crippen molar-refractivity contribution in [1.29, 1.82) is 0 Å². The lowest BCUT2D eigenvalue weighted by Gasteiger charge is -2.25. The summed E-state index contributed by atoms with van der Waals surface area (Å²) in [7, 11) is 0. The molecule has 1 fully saturated rings. The molecule has 3 nitrogen and oxygen atoms in total. The molecule has 1 aromatic rings. The predicted molar refractivity (Wildman–Crippen MR) is 69.3 cm³/mol. The van der Waals surface area contributed by atoms with Crippen LogP contribution in [-0.2, 0) is 0 Å². The molecule has 0 aliphatic carbocycles. The molecular formula is C13H18ClNO2. The molecule has 0 spiro atoms. The van der Waals surface area contributed by atoms with Gasteiger partial charge in [0.15, 0.2) is 11.5 Å². The molecule has 4 heteroatoms. The summed E-state index contributed by atoms with van der Waals surface area (Å²) in [5.74, 6) is 1.78. The first-order valence-electron chi connectivity index (χ1n) is 6.06. The molecule has 94 valence electrons. The average molecular weight is 256 g/mol. The Morgan fingerprint density at radius 1 is 1.06 bits per heavy atom. The summed E-state index contributed by atoms with van der Waals surface area (Å²) in [6.45, 7) is 2.45. The highest BCUT2D eigenvalue weighted by Crippen LogP contribution is 2.34. The van der Waals surface area contributed by atoms with Crippen LogP contribution in [0.5, 0.6) is 11.5 Å². The first kappa shape index (κ1) is 12.5. The fraction of sp³-hybridized carbons (Fsp3) is 0.538. The normalized spacial score (nSPS) is 22.7. The molecule has 2 heterocycles. The Morgan fingerprint density at radius 2 is 1.88 bits per heavy atom. The van der Waals surface area contributed by atoms with E-state index in [-0.39, 0.29) is 12.4 Å². The molecule has 0 saturated carbocycles. The summed E-state index contributed by atoms with van der Waals surface area (Å²) in [5.41, 5.74) is 1.32. The number of halogens is 1. The second-order valence-corrected chi connectivity index (χ2v) is 4.41. The van der Waals surface area contributed by atoms with E-state index in [0.717, 1.165) is 18.0 Å². The zero-order valence-electron chi connectivity index (χ0n) is 9.78. The van der Waals surface area contributed by atoms with Gasteiger partial charge in [-0.1, -0.05) is 12.5 Å². The Labute approximate surface area is 108 Å². The first-order valence-corrected chi connectivity index (χ1v) is 6.06. The van der Waals surface area contributed by atoms with E-state index < -0.39 is 0 Å². The fourth-order valence-corrected chi connectivity index (χ4v) is 2.41. The van der Waals surface area contributed by atoms with Crippen molar-refractivity contribution in [2.75, 3.05) is 19.8 Å². The average Bonchev–Trinajstić information content (AvgIpc) is 2.39. The molecule has 17 heavy (non-hydrogen) atoms. The smallest absolute Gasteiger partial charge is 0.161 e. The van der Waals surface area contributed by atoms with E-state index in [2.05, 4.69) is 17.4 Å². The second-order valence-electron chi connectivity index (χ2n) is 4.41. The van der Waals surface area contributed by atoms with Crippen molar-refractivity contribution in [2.45, 2.75) is 25.3 Å². The van der Waals surface area contributed by atoms with Gasteiger partial charge in [0.05, 0.1) is 0 Å². The molecule has 0 amide bonds. The highest BCUT2D eigenvalue weighted by Gasteiger charge is 2.18. The number of hydrogen-bond acceptors (Lipinski definition) is 3. The quantitative estimate of drug-likeness (QED) is 0.837. The Kier molecular flexibility index (Phi) is 4.13. The number of nitrogens with one attached hydrogen (secondary N) is 1. The second kappa shape index (κ2) is 5.61. The third-order valence-corrected chi connectivity index (χ3v) is 3.28. The van der Waals surface area contributed by atoms with Gasteiger partial charge >= 0.3 is 0 Å². The molecule has 1 aromatic carbocycles. The van der Waals surface area contributed by atoms with Gasteiger partial charge in [0, 0.05) is 6.04 Å². The molecule has 1 unspecified atom stereocenters. The van der Waals surface area contributed by atoms with E-state index in [9.17, 15) is 0 Å². The maximum Gasteiger partial charge on any atom is 0.161 e. The van der Waals surface area contributed by atoms with Crippen LogP contribution < -0.4 is 14.8 Å². The van der Waals surface area contributed by atoms with Crippen LogP contribution >= 0.6 is 12.4 Å². The summed E-state index contributed by atoms with van der Waals surface area (Å²) in [6, 6.07) is 6.79. The highest BCUT2D eigenvalue weighted by atomic mass is 35.5. The van der Waals surface area contributed by atoms with Gasteiger partial charge in [-0.3, -0.25) is 0 Å². The maximum atomic E-state index is 5.60. The predicted octanol–water partition coefficient (Wildman–Crippen LogP) is 2.69. The van der Waals surface area contributed by atoms with Gasteiger partial charge in [0.25, 0.3) is 0 Å². The van der Waals surface area contributed by atoms with E-state index >= 15 is 0 Å². The number of piperidine rings is 1. The largest absolute Gasteiger partial charge is 0.486 e. The number of benzene rings is 1. The van der Waals surface area contributed by atoms with Crippen LogP contribution in [0.1, 0.15) is 30.9 Å². The Balaban J connectivity index is 0.00000108. The molecule has 0 radical (unpaired) electrons. The van der Waals surface area contributed by atoms with Crippen LogP contribution in [0, 0.1) is 0 Å². The molecule has 2 aliphatic heterocycles. The van der Waals surface area contributed by atoms with Gasteiger partial charge in [-0.05, 0) is 37.1 Å². The van der Waals surface area contributed by atoms with Crippen LogP contribution in [0.15, 0.2) is 18.2 Å². The summed E-state index contributed by atoms with van der Waals surface area (Å²) >= 11 is 0. The Morgan fingerprint density at radius 3 is 2.65 bits per heavy atom. The SMILES string of the molecule is Cl.c1cc2c(cc1C1CCCCN1)OCCO2. The minimum Gasteiger partial charge on any atom is -0.486 e. The first-order chi connectivity index (χ1) is 7.93. The van der Waals surface area contributed by atoms with Gasteiger partial charge in [-0.15, -0.1) is 12.4 Å². The third-order valence-electron chi connectivity index (χ3n) is 3.28. The van der Waals surface area contributed by atoms with Crippen molar-refractivity contribution in [3.8, 4) is 11.5 Å². The molecule has 0 aromatic heterocycles. The minimum absolute atomic E-state index is 0. The summed E-state index contributed by atoms with van der Waals surface area (Å²) < 4.78 is 11.1. The third kappa shape index (κ3) is 2.67. The van der Waals surface area contributed by atoms with Crippen LogP contribution in [0.4, 0.5) is 0 Å². The van der Waals surface area contributed by atoms with Crippen LogP contribution in [0.3, 0.4) is 0 Å². The van der Waals surface area contributed by atoms with E-state index in [1.807, 2.05) is 6.07 Å².